The van der Waals surface area contributed by atoms with Gasteiger partial charge in [-0.25, -0.2) is 4.98 Å². The van der Waals surface area contributed by atoms with Gasteiger partial charge in [0, 0.05) is 17.5 Å². The Morgan fingerprint density at radius 3 is 2.57 bits per heavy atom. The first-order chi connectivity index (χ1) is 14.3. The molecule has 0 aliphatic carbocycles. The Hall–Kier alpha value is -2.71. The van der Waals surface area contributed by atoms with Crippen LogP contribution >= 0.6 is 11.3 Å². The van der Waals surface area contributed by atoms with E-state index < -0.39 is 12.8 Å². The number of halogens is 3. The van der Waals surface area contributed by atoms with E-state index in [0.29, 0.717) is 17.8 Å². The first-order valence-corrected chi connectivity index (χ1v) is 10.2. The maximum Gasteiger partial charge on any atom is 0.411 e. The Morgan fingerprint density at radius 1 is 1.13 bits per heavy atom. The molecule has 1 aromatic heterocycles. The first-order valence-electron chi connectivity index (χ1n) is 9.29. The summed E-state index contributed by atoms with van der Waals surface area (Å²) in [5.41, 5.74) is 4.39. The lowest BCUT2D eigenvalue weighted by molar-refractivity contribution is -0.176. The van der Waals surface area contributed by atoms with Crippen LogP contribution in [0.1, 0.15) is 22.4 Å². The smallest absolute Gasteiger partial charge is 0.367 e. The normalized spacial score (nSPS) is 11.5. The molecule has 1 amide bonds. The molecular formula is C22H21F3N2O2S. The molecule has 0 radical (unpaired) electrons. The lowest BCUT2D eigenvalue weighted by Crippen LogP contribution is -2.24. The summed E-state index contributed by atoms with van der Waals surface area (Å²) in [5.74, 6) is -0.145. The zero-order chi connectivity index (χ0) is 21.6. The molecular weight excluding hydrogens is 413 g/mol. The Labute approximate surface area is 176 Å². The third-order valence-electron chi connectivity index (χ3n) is 4.21. The molecule has 158 valence electrons. The van der Waals surface area contributed by atoms with Crippen LogP contribution in [0.25, 0.3) is 10.6 Å². The molecule has 0 unspecified atom stereocenters. The third-order valence-corrected chi connectivity index (χ3v) is 5.15. The fraction of sp³-hybridized carbons (Fsp3) is 0.273. The number of thiazole rings is 1. The van der Waals surface area contributed by atoms with Crippen molar-refractivity contribution >= 4 is 17.2 Å². The van der Waals surface area contributed by atoms with Gasteiger partial charge in [0.25, 0.3) is 0 Å². The molecule has 2 aromatic carbocycles. The van der Waals surface area contributed by atoms with E-state index in [1.807, 2.05) is 30.5 Å². The summed E-state index contributed by atoms with van der Waals surface area (Å²) in [5, 5.41) is 5.60. The Bertz CT molecular complexity index is 985. The molecule has 3 aromatic rings. The van der Waals surface area contributed by atoms with E-state index in [0.717, 1.165) is 21.7 Å². The molecule has 3 rings (SSSR count). The molecule has 1 heterocycles. The SMILES string of the molecule is Cc1cccc(-c2nc(CC(=O)NCc3ccc(COCC(F)(F)F)cc3)cs2)c1. The Balaban J connectivity index is 1.46. The van der Waals surface area contributed by atoms with Crippen LogP contribution in [0.4, 0.5) is 13.2 Å². The van der Waals surface area contributed by atoms with Crippen LogP contribution in [0.3, 0.4) is 0 Å². The lowest BCUT2D eigenvalue weighted by Gasteiger charge is -2.08. The first kappa shape index (κ1) is 22.0. The van der Waals surface area contributed by atoms with Crippen molar-refractivity contribution < 1.29 is 22.7 Å². The highest BCUT2D eigenvalue weighted by Gasteiger charge is 2.27. The molecule has 0 spiro atoms. The average molecular weight is 434 g/mol. The summed E-state index contributed by atoms with van der Waals surface area (Å²) in [6.45, 7) is 0.969. The van der Waals surface area contributed by atoms with Gasteiger partial charge in [0.05, 0.1) is 18.7 Å². The van der Waals surface area contributed by atoms with E-state index in [1.165, 1.54) is 11.3 Å². The number of nitrogens with zero attached hydrogens (tertiary/aromatic N) is 1. The molecule has 0 saturated heterocycles. The minimum absolute atomic E-state index is 0.112. The highest BCUT2D eigenvalue weighted by atomic mass is 32.1. The number of nitrogens with one attached hydrogen (secondary N) is 1. The van der Waals surface area contributed by atoms with E-state index in [4.69, 9.17) is 0 Å². The van der Waals surface area contributed by atoms with Crippen molar-refractivity contribution in [1.29, 1.82) is 0 Å². The van der Waals surface area contributed by atoms with Crippen molar-refractivity contribution in [2.75, 3.05) is 6.61 Å². The van der Waals surface area contributed by atoms with Crippen molar-refractivity contribution in [2.45, 2.75) is 32.7 Å². The largest absolute Gasteiger partial charge is 0.411 e. The topological polar surface area (TPSA) is 51.2 Å². The quantitative estimate of drug-likeness (QED) is 0.539. The van der Waals surface area contributed by atoms with Crippen LogP contribution in [-0.4, -0.2) is 23.7 Å². The number of aryl methyl sites for hydroxylation is 1. The van der Waals surface area contributed by atoms with Crippen molar-refractivity contribution in [2.24, 2.45) is 0 Å². The maximum absolute atomic E-state index is 12.2. The maximum atomic E-state index is 12.2. The van der Waals surface area contributed by atoms with Crippen molar-refractivity contribution in [1.82, 2.24) is 10.3 Å². The number of carbonyl (C=O) groups is 1. The molecule has 0 aliphatic heterocycles. The van der Waals surface area contributed by atoms with Crippen LogP contribution in [0, 0.1) is 6.92 Å². The predicted octanol–water partition coefficient (Wildman–Crippen LogP) is 5.06. The van der Waals surface area contributed by atoms with Crippen molar-refractivity contribution in [3.8, 4) is 10.6 Å². The number of ether oxygens (including phenoxy) is 1. The fourth-order valence-corrected chi connectivity index (χ4v) is 3.58. The molecule has 8 heteroatoms. The summed E-state index contributed by atoms with van der Waals surface area (Å²) in [6, 6.07) is 14.9. The Kier molecular flexibility index (Phi) is 7.23. The predicted molar refractivity (Wildman–Crippen MR) is 110 cm³/mol. The minimum Gasteiger partial charge on any atom is -0.367 e. The minimum atomic E-state index is -4.33. The van der Waals surface area contributed by atoms with E-state index in [1.54, 1.807) is 24.3 Å². The van der Waals surface area contributed by atoms with Crippen LogP contribution in [0.2, 0.25) is 0 Å². The van der Waals surface area contributed by atoms with Crippen LogP contribution in [0.15, 0.2) is 53.9 Å². The van der Waals surface area contributed by atoms with Gasteiger partial charge in [0.1, 0.15) is 11.6 Å². The molecule has 30 heavy (non-hydrogen) atoms. The van der Waals surface area contributed by atoms with Gasteiger partial charge >= 0.3 is 6.18 Å². The molecule has 0 fully saturated rings. The number of alkyl halides is 3. The van der Waals surface area contributed by atoms with Gasteiger partial charge in [0.2, 0.25) is 5.91 Å². The van der Waals surface area contributed by atoms with Crippen LogP contribution in [0.5, 0.6) is 0 Å². The number of amides is 1. The number of hydrogen-bond acceptors (Lipinski definition) is 4. The molecule has 0 aliphatic rings. The van der Waals surface area contributed by atoms with Gasteiger partial charge in [-0.3, -0.25) is 4.79 Å². The average Bonchev–Trinajstić information content (AvgIpc) is 3.15. The van der Waals surface area contributed by atoms with Crippen LogP contribution < -0.4 is 5.32 Å². The van der Waals surface area contributed by atoms with Crippen molar-refractivity contribution in [3.05, 3.63) is 76.3 Å². The molecule has 0 bridgehead atoms. The molecule has 0 saturated carbocycles. The highest BCUT2D eigenvalue weighted by molar-refractivity contribution is 7.13. The fourth-order valence-electron chi connectivity index (χ4n) is 2.76. The monoisotopic (exact) mass is 434 g/mol. The van der Waals surface area contributed by atoms with Gasteiger partial charge in [-0.15, -0.1) is 11.3 Å². The van der Waals surface area contributed by atoms with Gasteiger partial charge in [-0.05, 0) is 24.1 Å². The summed E-state index contributed by atoms with van der Waals surface area (Å²) in [4.78, 5) is 16.8. The number of benzene rings is 2. The highest BCUT2D eigenvalue weighted by Crippen LogP contribution is 2.24. The van der Waals surface area contributed by atoms with E-state index in [2.05, 4.69) is 21.1 Å². The Morgan fingerprint density at radius 2 is 1.87 bits per heavy atom. The summed E-state index contributed by atoms with van der Waals surface area (Å²) in [6.07, 6.45) is -4.14. The zero-order valence-corrected chi connectivity index (χ0v) is 17.1. The standard InChI is InChI=1S/C22H21F3N2O2S/c1-15-3-2-4-18(9-15)21-27-19(13-30-21)10-20(28)26-11-16-5-7-17(8-6-16)12-29-14-22(23,24)25/h2-9,13H,10-12,14H2,1H3,(H,26,28). The number of rotatable bonds is 8. The van der Waals surface area contributed by atoms with Crippen molar-refractivity contribution in [3.63, 3.8) is 0 Å². The second-order valence-corrected chi connectivity index (χ2v) is 7.75. The summed E-state index contributed by atoms with van der Waals surface area (Å²) >= 11 is 1.50. The molecule has 4 nitrogen and oxygen atoms in total. The number of aromatic nitrogens is 1. The number of carbonyl (C=O) groups excluding carboxylic acids is 1. The zero-order valence-electron chi connectivity index (χ0n) is 16.3. The van der Waals surface area contributed by atoms with Gasteiger partial charge < -0.3 is 10.1 Å². The van der Waals surface area contributed by atoms with E-state index >= 15 is 0 Å². The summed E-state index contributed by atoms with van der Waals surface area (Å²) in [7, 11) is 0. The van der Waals surface area contributed by atoms with Crippen LogP contribution in [-0.2, 0) is 29.1 Å². The summed E-state index contributed by atoms with van der Waals surface area (Å²) < 4.78 is 40.9. The second-order valence-electron chi connectivity index (χ2n) is 6.89. The molecule has 1 N–H and O–H groups in total. The van der Waals surface area contributed by atoms with E-state index in [-0.39, 0.29) is 18.9 Å². The second kappa shape index (κ2) is 9.86. The van der Waals surface area contributed by atoms with Gasteiger partial charge in [-0.1, -0.05) is 48.0 Å². The van der Waals surface area contributed by atoms with Gasteiger partial charge in [0.15, 0.2) is 0 Å². The van der Waals surface area contributed by atoms with Gasteiger partial charge in [-0.2, -0.15) is 13.2 Å². The third kappa shape index (κ3) is 6.96. The molecule has 0 atom stereocenters. The van der Waals surface area contributed by atoms with E-state index in [9.17, 15) is 18.0 Å². The number of hydrogen-bond donors (Lipinski definition) is 1. The lowest BCUT2D eigenvalue weighted by atomic mass is 10.1.